The summed E-state index contributed by atoms with van der Waals surface area (Å²) < 4.78 is 22.6. The van der Waals surface area contributed by atoms with Crippen molar-refractivity contribution in [3.63, 3.8) is 0 Å². The molecule has 1 fully saturated rings. The van der Waals surface area contributed by atoms with Crippen molar-refractivity contribution in [3.05, 3.63) is 58.1 Å². The van der Waals surface area contributed by atoms with Gasteiger partial charge in [-0.2, -0.15) is 0 Å². The first-order valence-electron chi connectivity index (χ1n) is 17.0. The van der Waals surface area contributed by atoms with E-state index in [0.29, 0.717) is 35.8 Å². The average Bonchev–Trinajstić information content (AvgIpc) is 3.19. The number of nitrogens with zero attached hydrogens (tertiary/aromatic N) is 3. The highest BCUT2D eigenvalue weighted by atomic mass is 35.5. The summed E-state index contributed by atoms with van der Waals surface area (Å²) >= 11 is 6.44. The minimum Gasteiger partial charge on any atom is -0.491 e. The first-order chi connectivity index (χ1) is 22.1. The van der Waals surface area contributed by atoms with Crippen molar-refractivity contribution >= 4 is 40.0 Å². The van der Waals surface area contributed by atoms with Gasteiger partial charge in [0.2, 0.25) is 0 Å². The van der Waals surface area contributed by atoms with E-state index in [1.54, 1.807) is 6.07 Å². The summed E-state index contributed by atoms with van der Waals surface area (Å²) in [6, 6.07) is 11.8. The van der Waals surface area contributed by atoms with Gasteiger partial charge in [-0.1, -0.05) is 49.5 Å². The molecule has 0 spiro atoms. The van der Waals surface area contributed by atoms with Gasteiger partial charge in [0.25, 0.3) is 5.91 Å². The Balaban J connectivity index is 1.53. The van der Waals surface area contributed by atoms with Crippen molar-refractivity contribution in [2.24, 2.45) is 28.8 Å². The van der Waals surface area contributed by atoms with Crippen LogP contribution in [0.1, 0.15) is 93.1 Å². The number of benzene rings is 2. The number of hydrogen-bond acceptors (Lipinski definition) is 6. The van der Waals surface area contributed by atoms with E-state index < -0.39 is 11.0 Å². The third kappa shape index (κ3) is 7.84. The van der Waals surface area contributed by atoms with Crippen LogP contribution in [0.25, 0.3) is 0 Å². The second-order valence-corrected chi connectivity index (χ2v) is 15.9. The van der Waals surface area contributed by atoms with Crippen molar-refractivity contribution in [1.29, 1.82) is 0 Å². The van der Waals surface area contributed by atoms with E-state index in [2.05, 4.69) is 40.8 Å². The van der Waals surface area contributed by atoms with Crippen molar-refractivity contribution < 1.29 is 18.9 Å². The fourth-order valence-corrected chi connectivity index (χ4v) is 8.82. The van der Waals surface area contributed by atoms with E-state index in [1.807, 2.05) is 44.1 Å². The van der Waals surface area contributed by atoms with E-state index in [9.17, 15) is 14.2 Å². The molecular weight excluding hydrogens is 620 g/mol. The summed E-state index contributed by atoms with van der Waals surface area (Å²) in [4.78, 5) is 17.8. The number of amides is 1. The number of hydrogen-bond donors (Lipinski definition) is 2. The average molecular weight is 671 g/mol. The first kappa shape index (κ1) is 34.6. The minimum atomic E-state index is -1.51. The molecule has 0 radical (unpaired) electrons. The van der Waals surface area contributed by atoms with Crippen LogP contribution in [0, 0.1) is 23.7 Å². The van der Waals surface area contributed by atoms with E-state index in [1.165, 1.54) is 11.1 Å². The molecule has 252 valence electrons. The van der Waals surface area contributed by atoms with Crippen LogP contribution in [-0.2, 0) is 17.4 Å². The topological polar surface area (TPSA) is 94.5 Å². The maximum atomic E-state index is 13.4. The number of rotatable bonds is 5. The number of fused-ring (bicyclic) bond motifs is 2. The highest BCUT2D eigenvalue weighted by Gasteiger charge is 2.40. The Bertz CT molecular complexity index is 1430. The third-order valence-corrected chi connectivity index (χ3v) is 12.4. The number of oxime groups is 1. The highest BCUT2D eigenvalue weighted by molar-refractivity contribution is 7.84. The summed E-state index contributed by atoms with van der Waals surface area (Å²) in [6.07, 6.45) is 7.94. The van der Waals surface area contributed by atoms with Gasteiger partial charge in [-0.15, -0.1) is 0 Å². The Morgan fingerprint density at radius 2 is 1.93 bits per heavy atom. The Labute approximate surface area is 282 Å². The first-order valence-corrected chi connectivity index (χ1v) is 18.6. The molecule has 2 bridgehead atoms. The third-order valence-electron chi connectivity index (χ3n) is 10.7. The molecule has 1 amide bonds. The van der Waals surface area contributed by atoms with Gasteiger partial charge in [0, 0.05) is 50.1 Å². The van der Waals surface area contributed by atoms with Crippen LogP contribution in [0.4, 0.5) is 5.69 Å². The van der Waals surface area contributed by atoms with Crippen LogP contribution in [0.15, 0.2) is 41.6 Å². The fraction of sp³-hybridized carbons (Fsp3) is 0.611. The van der Waals surface area contributed by atoms with Crippen LogP contribution in [-0.4, -0.2) is 65.1 Å². The van der Waals surface area contributed by atoms with Crippen LogP contribution < -0.4 is 14.4 Å². The van der Waals surface area contributed by atoms with Crippen molar-refractivity contribution in [1.82, 2.24) is 9.62 Å². The standard InChI is InChI=1S/C36H51ClN4O4S/c1-6-8-25-17-30(37)13-15-32(25)29-21-41-20-28-11-14-31(28)26(19-35(38-43)40(4)5)10-7-9-23(2)24(3)46(44)39-36(42)27-12-16-34(45-22-29)33(41)18-27/h12-13,15-18,23-24,26,28-29,31,43H,6-11,14,19-22H2,1-5H3,(H,39,42)/b38-35+. The van der Waals surface area contributed by atoms with Gasteiger partial charge >= 0.3 is 0 Å². The number of nitrogens with one attached hydrogen (secondary N) is 1. The molecule has 8 nitrogen and oxygen atoms in total. The number of anilines is 1. The lowest BCUT2D eigenvalue weighted by Gasteiger charge is -2.45. The lowest BCUT2D eigenvalue weighted by Crippen LogP contribution is -2.44. The van der Waals surface area contributed by atoms with Crippen molar-refractivity contribution in [2.45, 2.75) is 83.3 Å². The predicted molar refractivity (Wildman–Crippen MR) is 188 cm³/mol. The Morgan fingerprint density at radius 3 is 2.63 bits per heavy atom. The number of carbonyl (C=O) groups is 1. The molecule has 3 aliphatic rings. The van der Waals surface area contributed by atoms with E-state index >= 15 is 0 Å². The highest BCUT2D eigenvalue weighted by Crippen LogP contribution is 2.46. The Kier molecular flexibility index (Phi) is 11.6. The summed E-state index contributed by atoms with van der Waals surface area (Å²) in [6.45, 7) is 8.41. The summed E-state index contributed by atoms with van der Waals surface area (Å²) in [5.41, 5.74) is 3.92. The van der Waals surface area contributed by atoms with Gasteiger partial charge in [-0.25, -0.2) is 4.21 Å². The zero-order valence-corrected chi connectivity index (χ0v) is 29.6. The molecule has 2 aromatic carbocycles. The van der Waals surface area contributed by atoms with Crippen LogP contribution in [0.5, 0.6) is 5.75 Å². The van der Waals surface area contributed by atoms with Crippen molar-refractivity contribution in [2.75, 3.05) is 38.7 Å². The zero-order valence-electron chi connectivity index (χ0n) is 28.0. The summed E-state index contributed by atoms with van der Waals surface area (Å²) in [5, 5.41) is 14.1. The number of ether oxygens (including phenoxy) is 1. The number of amidine groups is 1. The molecule has 2 aromatic rings. The molecular formula is C36H51ClN4O4S. The zero-order chi connectivity index (χ0) is 33.0. The quantitative estimate of drug-likeness (QED) is 0.151. The lowest BCUT2D eigenvalue weighted by atomic mass is 9.64. The van der Waals surface area contributed by atoms with Gasteiger partial charge < -0.3 is 19.7 Å². The van der Waals surface area contributed by atoms with E-state index in [0.717, 1.165) is 80.9 Å². The predicted octanol–water partition coefficient (Wildman–Crippen LogP) is 7.26. The van der Waals surface area contributed by atoms with Crippen LogP contribution >= 0.6 is 11.6 Å². The smallest absolute Gasteiger partial charge is 0.263 e. The molecule has 1 aliphatic carbocycles. The van der Waals surface area contributed by atoms with Gasteiger partial charge in [0.15, 0.2) is 0 Å². The van der Waals surface area contributed by atoms with Crippen LogP contribution in [0.3, 0.4) is 0 Å². The van der Waals surface area contributed by atoms with Gasteiger partial charge in [-0.3, -0.25) is 9.52 Å². The normalized spacial score (nSPS) is 29.1. The number of carbonyl (C=O) groups excluding carboxylic acids is 1. The largest absolute Gasteiger partial charge is 0.491 e. The number of halogens is 1. The molecule has 1 saturated carbocycles. The molecule has 5 rings (SSSR count). The van der Waals surface area contributed by atoms with E-state index in [4.69, 9.17) is 16.3 Å². The second-order valence-electron chi connectivity index (χ2n) is 13.9. The molecule has 10 heteroatoms. The summed E-state index contributed by atoms with van der Waals surface area (Å²) in [7, 11) is 2.36. The molecule has 0 saturated heterocycles. The van der Waals surface area contributed by atoms with Gasteiger partial charge in [0.1, 0.15) is 22.6 Å². The molecule has 2 heterocycles. The fourth-order valence-electron chi connectivity index (χ4n) is 7.59. The Morgan fingerprint density at radius 1 is 1.13 bits per heavy atom. The van der Waals surface area contributed by atoms with Gasteiger partial charge in [0.05, 0.1) is 17.5 Å². The molecule has 7 unspecified atom stereocenters. The maximum Gasteiger partial charge on any atom is 0.263 e. The van der Waals surface area contributed by atoms with Gasteiger partial charge in [-0.05, 0) is 104 Å². The molecule has 7 atom stereocenters. The summed E-state index contributed by atoms with van der Waals surface area (Å²) in [5.74, 6) is 2.80. The lowest BCUT2D eigenvalue weighted by molar-refractivity contribution is 0.0981. The molecule has 0 aromatic heterocycles. The SMILES string of the molecule is CCCc1cc(Cl)ccc1C1COc2ccc3cc2N(C1)CC1CCC1C(C/C(=N\O)N(C)C)CCCC(C)C(C)S(=O)NC3=O. The van der Waals surface area contributed by atoms with Crippen LogP contribution in [0.2, 0.25) is 5.02 Å². The maximum absolute atomic E-state index is 13.4. The molecule has 2 aliphatic heterocycles. The second kappa shape index (κ2) is 15.4. The Hall–Kier alpha value is -2.78. The van der Waals surface area contributed by atoms with E-state index in [-0.39, 0.29) is 23.0 Å². The van der Waals surface area contributed by atoms with Crippen molar-refractivity contribution in [3.8, 4) is 5.75 Å². The number of aryl methyl sites for hydroxylation is 1. The minimum absolute atomic E-state index is 0.125. The monoisotopic (exact) mass is 670 g/mol. The molecule has 2 N–H and O–H groups in total. The molecule has 46 heavy (non-hydrogen) atoms.